The summed E-state index contributed by atoms with van der Waals surface area (Å²) in [5.74, 6) is -0.124. The second-order valence-electron chi connectivity index (χ2n) is 8.93. The van der Waals surface area contributed by atoms with Gasteiger partial charge in [0.25, 0.3) is 11.5 Å². The Labute approximate surface area is 185 Å². The van der Waals surface area contributed by atoms with Gasteiger partial charge in [-0.05, 0) is 30.4 Å². The highest BCUT2D eigenvalue weighted by molar-refractivity contribution is 6.05. The van der Waals surface area contributed by atoms with Gasteiger partial charge in [-0.1, -0.05) is 36.4 Å². The van der Waals surface area contributed by atoms with E-state index in [0.717, 1.165) is 17.7 Å². The first-order valence-corrected chi connectivity index (χ1v) is 11.1. The molecule has 0 radical (unpaired) electrons. The average molecular weight is 434 g/mol. The number of carbonyl (C=O) groups is 3. The van der Waals surface area contributed by atoms with E-state index in [9.17, 15) is 19.2 Å². The Morgan fingerprint density at radius 3 is 2.59 bits per heavy atom. The highest BCUT2D eigenvalue weighted by atomic mass is 16.2. The van der Waals surface area contributed by atoms with Gasteiger partial charge >= 0.3 is 6.03 Å². The van der Waals surface area contributed by atoms with Crippen LogP contribution in [0.5, 0.6) is 0 Å². The summed E-state index contributed by atoms with van der Waals surface area (Å²) in [6, 6.07) is 13.7. The number of rotatable bonds is 5. The molecule has 1 N–H and O–H groups in total. The fraction of sp³-hybridized carbons (Fsp3) is 0.417. The van der Waals surface area contributed by atoms with Gasteiger partial charge < -0.3 is 14.8 Å². The SMILES string of the molecule is O=C(C[C@@H]1NC(=O)N(CCc2ccccc2)C1=O)N1C[C@H]2C[C@@H](C1)c1cccc(=O)n1C2. The number of imide groups is 1. The van der Waals surface area contributed by atoms with Crippen molar-refractivity contribution in [2.75, 3.05) is 19.6 Å². The van der Waals surface area contributed by atoms with Gasteiger partial charge in [-0.25, -0.2) is 4.79 Å². The molecule has 0 unspecified atom stereocenters. The lowest BCUT2D eigenvalue weighted by Gasteiger charge is -2.43. The van der Waals surface area contributed by atoms with E-state index in [0.29, 0.717) is 32.6 Å². The summed E-state index contributed by atoms with van der Waals surface area (Å²) in [7, 11) is 0. The molecule has 2 aromatic rings. The fourth-order valence-corrected chi connectivity index (χ4v) is 5.22. The molecule has 4 amide bonds. The summed E-state index contributed by atoms with van der Waals surface area (Å²) in [5, 5.41) is 2.68. The second kappa shape index (κ2) is 8.26. The minimum absolute atomic E-state index is 0.00633. The molecule has 166 valence electrons. The number of urea groups is 1. The van der Waals surface area contributed by atoms with Crippen molar-refractivity contribution >= 4 is 17.8 Å². The van der Waals surface area contributed by atoms with E-state index >= 15 is 0 Å². The lowest BCUT2D eigenvalue weighted by atomic mass is 9.83. The van der Waals surface area contributed by atoms with E-state index < -0.39 is 12.1 Å². The molecule has 3 atom stereocenters. The van der Waals surface area contributed by atoms with Gasteiger partial charge in [-0.2, -0.15) is 0 Å². The van der Waals surface area contributed by atoms with E-state index in [1.165, 1.54) is 4.90 Å². The molecule has 8 nitrogen and oxygen atoms in total. The zero-order valence-electron chi connectivity index (χ0n) is 17.8. The first-order chi connectivity index (χ1) is 15.5. The highest BCUT2D eigenvalue weighted by Gasteiger charge is 2.41. The van der Waals surface area contributed by atoms with Crippen LogP contribution in [-0.2, 0) is 22.6 Å². The number of pyridine rings is 1. The Balaban J connectivity index is 1.21. The third-order valence-corrected chi connectivity index (χ3v) is 6.79. The van der Waals surface area contributed by atoms with E-state index in [-0.39, 0.29) is 35.6 Å². The fourth-order valence-electron chi connectivity index (χ4n) is 5.22. The maximum Gasteiger partial charge on any atom is 0.324 e. The van der Waals surface area contributed by atoms with E-state index in [2.05, 4.69) is 5.32 Å². The van der Waals surface area contributed by atoms with Crippen LogP contribution in [0.4, 0.5) is 4.79 Å². The number of amides is 4. The Bertz CT molecular complexity index is 1110. The van der Waals surface area contributed by atoms with E-state index in [1.54, 1.807) is 17.0 Å². The molecule has 2 fully saturated rings. The van der Waals surface area contributed by atoms with Crippen LogP contribution in [0.2, 0.25) is 0 Å². The first-order valence-electron chi connectivity index (χ1n) is 11.1. The number of nitrogens with one attached hydrogen (secondary N) is 1. The molecular weight excluding hydrogens is 408 g/mol. The average Bonchev–Trinajstić information content (AvgIpc) is 3.06. The molecule has 32 heavy (non-hydrogen) atoms. The summed E-state index contributed by atoms with van der Waals surface area (Å²) in [5.41, 5.74) is 2.03. The number of fused-ring (bicyclic) bond motifs is 4. The van der Waals surface area contributed by atoms with Gasteiger partial charge in [0.05, 0.1) is 6.42 Å². The Hall–Kier alpha value is -3.42. The lowest BCUT2D eigenvalue weighted by molar-refractivity contribution is -0.137. The normalized spacial score (nSPS) is 24.3. The van der Waals surface area contributed by atoms with Crippen LogP contribution in [0.1, 0.15) is 30.0 Å². The van der Waals surface area contributed by atoms with Crippen LogP contribution in [0.25, 0.3) is 0 Å². The Morgan fingerprint density at radius 1 is 0.969 bits per heavy atom. The summed E-state index contributed by atoms with van der Waals surface area (Å²) in [6.07, 6.45) is 1.50. The Morgan fingerprint density at radius 2 is 1.78 bits per heavy atom. The van der Waals surface area contributed by atoms with Crippen molar-refractivity contribution in [1.82, 2.24) is 19.7 Å². The molecule has 1 aromatic carbocycles. The predicted molar refractivity (Wildman–Crippen MR) is 117 cm³/mol. The quantitative estimate of drug-likeness (QED) is 0.719. The number of piperidine rings is 1. The molecule has 5 rings (SSSR count). The number of benzene rings is 1. The van der Waals surface area contributed by atoms with Crippen LogP contribution in [0.15, 0.2) is 53.3 Å². The molecule has 4 heterocycles. The number of hydrogen-bond donors (Lipinski definition) is 1. The van der Waals surface area contributed by atoms with Gasteiger partial charge in [0.1, 0.15) is 6.04 Å². The van der Waals surface area contributed by atoms with Crippen LogP contribution < -0.4 is 10.9 Å². The molecule has 8 heteroatoms. The van der Waals surface area contributed by atoms with Gasteiger partial charge in [0, 0.05) is 43.9 Å². The number of nitrogens with zero attached hydrogens (tertiary/aromatic N) is 3. The molecule has 3 aliphatic rings. The molecule has 2 saturated heterocycles. The molecule has 0 spiro atoms. The van der Waals surface area contributed by atoms with Gasteiger partial charge in [0.2, 0.25) is 5.91 Å². The second-order valence-corrected chi connectivity index (χ2v) is 8.93. The van der Waals surface area contributed by atoms with Crippen molar-refractivity contribution in [2.45, 2.75) is 37.8 Å². The predicted octanol–water partition coefficient (Wildman–Crippen LogP) is 1.35. The van der Waals surface area contributed by atoms with E-state index in [4.69, 9.17) is 0 Å². The standard InChI is InChI=1S/C24H26N4O4/c29-21-8-4-7-20-18-11-17(14-28(20)21)13-26(15-18)22(30)12-19-23(31)27(24(32)25-19)10-9-16-5-2-1-3-6-16/h1-8,17-19H,9-15H2,(H,25,32)/t17-,18+,19+/m1/s1. The number of carbonyl (C=O) groups excluding carboxylic acids is 3. The monoisotopic (exact) mass is 434 g/mol. The van der Waals surface area contributed by atoms with Crippen molar-refractivity contribution < 1.29 is 14.4 Å². The molecular formula is C24H26N4O4. The van der Waals surface area contributed by atoms with Crippen molar-refractivity contribution in [3.8, 4) is 0 Å². The van der Waals surface area contributed by atoms with Crippen molar-refractivity contribution in [3.05, 3.63) is 70.1 Å². The minimum Gasteiger partial charge on any atom is -0.342 e. The maximum atomic E-state index is 13.0. The van der Waals surface area contributed by atoms with Gasteiger partial charge in [-0.15, -0.1) is 0 Å². The molecule has 2 bridgehead atoms. The highest BCUT2D eigenvalue weighted by Crippen LogP contribution is 2.35. The molecule has 0 saturated carbocycles. The number of hydrogen-bond acceptors (Lipinski definition) is 4. The van der Waals surface area contributed by atoms with Crippen molar-refractivity contribution in [3.63, 3.8) is 0 Å². The third kappa shape index (κ3) is 3.81. The number of aromatic nitrogens is 1. The first kappa shape index (κ1) is 20.5. The zero-order chi connectivity index (χ0) is 22.2. The van der Waals surface area contributed by atoms with Gasteiger partial charge in [-0.3, -0.25) is 19.3 Å². The molecule has 1 aromatic heterocycles. The van der Waals surface area contributed by atoms with Crippen LogP contribution in [0.3, 0.4) is 0 Å². The summed E-state index contributed by atoms with van der Waals surface area (Å²) in [4.78, 5) is 53.4. The van der Waals surface area contributed by atoms with Crippen LogP contribution in [-0.4, -0.2) is 57.9 Å². The third-order valence-electron chi connectivity index (χ3n) is 6.79. The topological polar surface area (TPSA) is 91.7 Å². The van der Waals surface area contributed by atoms with Crippen LogP contribution in [0, 0.1) is 5.92 Å². The summed E-state index contributed by atoms with van der Waals surface area (Å²) >= 11 is 0. The molecule has 3 aliphatic heterocycles. The minimum atomic E-state index is -0.817. The molecule has 0 aliphatic carbocycles. The summed E-state index contributed by atoms with van der Waals surface area (Å²) in [6.45, 7) is 2.01. The van der Waals surface area contributed by atoms with Crippen molar-refractivity contribution in [1.29, 1.82) is 0 Å². The largest absolute Gasteiger partial charge is 0.342 e. The van der Waals surface area contributed by atoms with Crippen LogP contribution >= 0.6 is 0 Å². The number of likely N-dealkylation sites (tertiary alicyclic amines) is 1. The van der Waals surface area contributed by atoms with E-state index in [1.807, 2.05) is 41.0 Å². The van der Waals surface area contributed by atoms with Gasteiger partial charge in [0.15, 0.2) is 0 Å². The lowest BCUT2D eigenvalue weighted by Crippen LogP contribution is -2.50. The zero-order valence-corrected chi connectivity index (χ0v) is 17.8. The smallest absolute Gasteiger partial charge is 0.324 e. The van der Waals surface area contributed by atoms with Crippen molar-refractivity contribution in [2.24, 2.45) is 5.92 Å². The summed E-state index contributed by atoms with van der Waals surface area (Å²) < 4.78 is 1.83. The Kier molecular flexibility index (Phi) is 5.28. The maximum absolute atomic E-state index is 13.0.